The van der Waals surface area contributed by atoms with Gasteiger partial charge in [-0.2, -0.15) is 0 Å². The van der Waals surface area contributed by atoms with Crippen molar-refractivity contribution in [3.05, 3.63) is 47.9 Å². The Labute approximate surface area is 164 Å². The van der Waals surface area contributed by atoms with Gasteiger partial charge in [0.2, 0.25) is 0 Å². The SMILES string of the molecule is Cc1nc2ncc(-c3ccc(C(=O)N(C)CCCC4CCCO4)cc3)cc2[nH]1. The first-order chi connectivity index (χ1) is 13.6. The van der Waals surface area contributed by atoms with Gasteiger partial charge in [0.1, 0.15) is 5.82 Å². The van der Waals surface area contributed by atoms with Crippen molar-refractivity contribution >= 4 is 17.1 Å². The molecule has 1 fully saturated rings. The van der Waals surface area contributed by atoms with E-state index in [0.29, 0.717) is 11.7 Å². The molecule has 0 aliphatic carbocycles. The number of fused-ring (bicyclic) bond motifs is 1. The summed E-state index contributed by atoms with van der Waals surface area (Å²) in [6, 6.07) is 9.75. The molecule has 28 heavy (non-hydrogen) atoms. The van der Waals surface area contributed by atoms with E-state index in [1.54, 1.807) is 4.90 Å². The van der Waals surface area contributed by atoms with Crippen LogP contribution in [0.15, 0.2) is 36.5 Å². The predicted octanol–water partition coefficient (Wildman–Crippen LogP) is 3.96. The molecule has 0 bridgehead atoms. The maximum Gasteiger partial charge on any atom is 0.253 e. The summed E-state index contributed by atoms with van der Waals surface area (Å²) in [6.45, 7) is 3.55. The lowest BCUT2D eigenvalue weighted by atomic mass is 10.0. The van der Waals surface area contributed by atoms with Gasteiger partial charge in [0.05, 0.1) is 11.6 Å². The van der Waals surface area contributed by atoms with Crippen molar-refractivity contribution in [3.8, 4) is 11.1 Å². The maximum atomic E-state index is 12.7. The molecule has 3 heterocycles. The summed E-state index contributed by atoms with van der Waals surface area (Å²) in [4.78, 5) is 26.4. The summed E-state index contributed by atoms with van der Waals surface area (Å²) in [7, 11) is 1.87. The quantitative estimate of drug-likeness (QED) is 0.705. The first-order valence-electron chi connectivity index (χ1n) is 9.90. The molecule has 1 atom stereocenters. The summed E-state index contributed by atoms with van der Waals surface area (Å²) in [5.41, 5.74) is 4.37. The number of carbonyl (C=O) groups is 1. The van der Waals surface area contributed by atoms with Gasteiger partial charge in [-0.15, -0.1) is 0 Å². The van der Waals surface area contributed by atoms with Crippen LogP contribution >= 0.6 is 0 Å². The molecular weight excluding hydrogens is 352 g/mol. The molecule has 6 heteroatoms. The van der Waals surface area contributed by atoms with E-state index >= 15 is 0 Å². The van der Waals surface area contributed by atoms with Crippen LogP contribution in [0.4, 0.5) is 0 Å². The molecule has 0 saturated carbocycles. The number of aromatic nitrogens is 3. The second-order valence-corrected chi connectivity index (χ2v) is 7.50. The van der Waals surface area contributed by atoms with Crippen molar-refractivity contribution in [2.45, 2.75) is 38.7 Å². The number of hydrogen-bond acceptors (Lipinski definition) is 4. The third-order valence-electron chi connectivity index (χ3n) is 5.31. The van der Waals surface area contributed by atoms with E-state index < -0.39 is 0 Å². The fourth-order valence-corrected chi connectivity index (χ4v) is 3.73. The van der Waals surface area contributed by atoms with Crippen LogP contribution in [-0.2, 0) is 4.74 Å². The van der Waals surface area contributed by atoms with Gasteiger partial charge in [0, 0.05) is 37.5 Å². The van der Waals surface area contributed by atoms with Gasteiger partial charge in [0.15, 0.2) is 5.65 Å². The average Bonchev–Trinajstić information content (AvgIpc) is 3.35. The molecule has 0 spiro atoms. The number of amides is 1. The molecule has 3 aromatic rings. The first-order valence-corrected chi connectivity index (χ1v) is 9.90. The van der Waals surface area contributed by atoms with Gasteiger partial charge in [0.25, 0.3) is 5.91 Å². The molecule has 1 aromatic carbocycles. The van der Waals surface area contributed by atoms with Gasteiger partial charge in [-0.05, 0) is 56.4 Å². The van der Waals surface area contributed by atoms with Crippen molar-refractivity contribution in [2.24, 2.45) is 0 Å². The zero-order chi connectivity index (χ0) is 19.5. The summed E-state index contributed by atoms with van der Waals surface area (Å²) in [5, 5.41) is 0. The topological polar surface area (TPSA) is 71.1 Å². The third kappa shape index (κ3) is 4.07. The maximum absolute atomic E-state index is 12.7. The van der Waals surface area contributed by atoms with Crippen LogP contribution in [0.1, 0.15) is 41.9 Å². The molecule has 0 radical (unpaired) electrons. The number of benzene rings is 1. The molecule has 2 aromatic heterocycles. The number of carbonyl (C=O) groups excluding carboxylic acids is 1. The minimum absolute atomic E-state index is 0.0525. The van der Waals surface area contributed by atoms with Crippen LogP contribution in [-0.4, -0.2) is 52.1 Å². The minimum atomic E-state index is 0.0525. The molecule has 1 aliphatic heterocycles. The highest BCUT2D eigenvalue weighted by atomic mass is 16.5. The van der Waals surface area contributed by atoms with E-state index in [4.69, 9.17) is 4.74 Å². The lowest BCUT2D eigenvalue weighted by molar-refractivity contribution is 0.0763. The van der Waals surface area contributed by atoms with Crippen LogP contribution in [0.25, 0.3) is 22.3 Å². The average molecular weight is 378 g/mol. The van der Waals surface area contributed by atoms with Crippen molar-refractivity contribution < 1.29 is 9.53 Å². The van der Waals surface area contributed by atoms with E-state index in [-0.39, 0.29) is 5.91 Å². The number of aromatic amines is 1. The van der Waals surface area contributed by atoms with E-state index in [1.807, 2.05) is 50.5 Å². The largest absolute Gasteiger partial charge is 0.378 e. The Hall–Kier alpha value is -2.73. The highest BCUT2D eigenvalue weighted by molar-refractivity contribution is 5.94. The van der Waals surface area contributed by atoms with Crippen LogP contribution in [0.5, 0.6) is 0 Å². The molecular formula is C22H26N4O2. The van der Waals surface area contributed by atoms with Gasteiger partial charge >= 0.3 is 0 Å². The van der Waals surface area contributed by atoms with E-state index in [0.717, 1.165) is 67.0 Å². The first kappa shape index (κ1) is 18.6. The summed E-state index contributed by atoms with van der Waals surface area (Å²) in [5.74, 6) is 0.903. The number of imidazole rings is 1. The number of rotatable bonds is 6. The summed E-state index contributed by atoms with van der Waals surface area (Å²) >= 11 is 0. The monoisotopic (exact) mass is 378 g/mol. The number of H-pyrrole nitrogens is 1. The van der Waals surface area contributed by atoms with Crippen molar-refractivity contribution in [1.29, 1.82) is 0 Å². The highest BCUT2D eigenvalue weighted by Crippen LogP contribution is 2.23. The van der Waals surface area contributed by atoms with Gasteiger partial charge in [-0.25, -0.2) is 9.97 Å². The lowest BCUT2D eigenvalue weighted by Gasteiger charge is -2.18. The second kappa shape index (κ2) is 8.10. The molecule has 6 nitrogen and oxygen atoms in total. The Kier molecular flexibility index (Phi) is 5.39. The zero-order valence-electron chi connectivity index (χ0n) is 16.4. The Bertz CT molecular complexity index is 958. The highest BCUT2D eigenvalue weighted by Gasteiger charge is 2.17. The number of hydrogen-bond donors (Lipinski definition) is 1. The number of nitrogens with one attached hydrogen (secondary N) is 1. The number of pyridine rings is 1. The van der Waals surface area contributed by atoms with Gasteiger partial charge in [-0.1, -0.05) is 12.1 Å². The molecule has 146 valence electrons. The second-order valence-electron chi connectivity index (χ2n) is 7.50. The normalized spacial score (nSPS) is 16.6. The summed E-state index contributed by atoms with van der Waals surface area (Å²) < 4.78 is 5.65. The molecule has 1 aliphatic rings. The Morgan fingerprint density at radius 1 is 1.29 bits per heavy atom. The smallest absolute Gasteiger partial charge is 0.253 e. The minimum Gasteiger partial charge on any atom is -0.378 e. The lowest BCUT2D eigenvalue weighted by Crippen LogP contribution is -2.28. The van der Waals surface area contributed by atoms with Crippen LogP contribution in [0.2, 0.25) is 0 Å². The third-order valence-corrected chi connectivity index (χ3v) is 5.31. The molecule has 1 amide bonds. The number of aryl methyl sites for hydroxylation is 1. The Morgan fingerprint density at radius 2 is 2.11 bits per heavy atom. The molecule has 1 saturated heterocycles. The van der Waals surface area contributed by atoms with Crippen molar-refractivity contribution in [3.63, 3.8) is 0 Å². The predicted molar refractivity (Wildman–Crippen MR) is 109 cm³/mol. The van der Waals surface area contributed by atoms with E-state index in [1.165, 1.54) is 0 Å². The molecule has 4 rings (SSSR count). The number of nitrogens with zero attached hydrogens (tertiary/aromatic N) is 3. The van der Waals surface area contributed by atoms with Crippen LogP contribution in [0.3, 0.4) is 0 Å². The standard InChI is InChI=1S/C22H26N4O2/c1-15-24-20-13-18(14-23-21(20)25-15)16-7-9-17(10-8-16)22(27)26(2)11-3-5-19-6-4-12-28-19/h7-10,13-14,19H,3-6,11-12H2,1-2H3,(H,23,24,25). The van der Waals surface area contributed by atoms with Crippen LogP contribution in [0, 0.1) is 6.92 Å². The van der Waals surface area contributed by atoms with Crippen LogP contribution < -0.4 is 0 Å². The van der Waals surface area contributed by atoms with E-state index in [2.05, 4.69) is 15.0 Å². The molecule has 1 N–H and O–H groups in total. The zero-order valence-corrected chi connectivity index (χ0v) is 16.4. The Morgan fingerprint density at radius 3 is 2.86 bits per heavy atom. The summed E-state index contributed by atoms with van der Waals surface area (Å²) in [6.07, 6.45) is 6.51. The Balaban J connectivity index is 1.39. The molecule has 1 unspecified atom stereocenters. The van der Waals surface area contributed by atoms with Crippen molar-refractivity contribution in [1.82, 2.24) is 19.9 Å². The number of ether oxygens (including phenoxy) is 1. The fourth-order valence-electron chi connectivity index (χ4n) is 3.73. The van der Waals surface area contributed by atoms with Gasteiger partial charge < -0.3 is 14.6 Å². The van der Waals surface area contributed by atoms with Gasteiger partial charge in [-0.3, -0.25) is 4.79 Å². The fraction of sp³-hybridized carbons (Fsp3) is 0.409. The van der Waals surface area contributed by atoms with E-state index in [9.17, 15) is 4.79 Å². The van der Waals surface area contributed by atoms with Crippen molar-refractivity contribution in [2.75, 3.05) is 20.2 Å².